The molecule has 3 aromatic heterocycles. The zero-order chi connectivity index (χ0) is 38.8. The number of anilines is 1. The van der Waals surface area contributed by atoms with Crippen LogP contribution < -0.4 is 14.8 Å². The molecule has 1 aliphatic carbocycles. The van der Waals surface area contributed by atoms with Crippen LogP contribution in [-0.4, -0.2) is 48.2 Å². The van der Waals surface area contributed by atoms with E-state index in [1.807, 2.05) is 38.3 Å². The summed E-state index contributed by atoms with van der Waals surface area (Å²) in [5.74, 6) is 0.959. The van der Waals surface area contributed by atoms with Crippen LogP contribution in [0, 0.1) is 18.3 Å². The predicted octanol–water partition coefficient (Wildman–Crippen LogP) is 10.1. The number of rotatable bonds is 17. The molecule has 1 atom stereocenters. The summed E-state index contributed by atoms with van der Waals surface area (Å²) in [6.45, 7) is 16.0. The summed E-state index contributed by atoms with van der Waals surface area (Å²) in [4.78, 5) is 31.8. The first-order chi connectivity index (χ1) is 25.8. The number of carboxylic acids is 1. The number of carbonyl (C=O) groups is 1. The van der Waals surface area contributed by atoms with E-state index in [2.05, 4.69) is 80.6 Å². The van der Waals surface area contributed by atoms with Crippen LogP contribution in [0.5, 0.6) is 5.88 Å². The average Bonchev–Trinajstić information content (AvgIpc) is 3.77. The molecular weight excluding hydrogens is 695 g/mol. The maximum Gasteiger partial charge on any atom is 0.335 e. The van der Waals surface area contributed by atoms with E-state index in [1.165, 1.54) is 48.9 Å². The minimum atomic E-state index is -0.973. The number of nitrogens with one attached hydrogen (secondary N) is 2. The number of aryl methyl sites for hydroxylation is 1. The number of fused-ring (bicyclic) bond motifs is 1. The smallest absolute Gasteiger partial charge is 0.335 e. The number of allylic oxidation sites excluding steroid dienone is 5. The van der Waals surface area contributed by atoms with Crippen LogP contribution in [-0.2, 0) is 13.6 Å². The fourth-order valence-corrected chi connectivity index (χ4v) is 7.59. The van der Waals surface area contributed by atoms with Crippen LogP contribution in [0.15, 0.2) is 71.3 Å². The van der Waals surface area contributed by atoms with E-state index in [4.69, 9.17) is 24.7 Å². The first kappa shape index (κ1) is 40.7. The summed E-state index contributed by atoms with van der Waals surface area (Å²) in [6, 6.07) is 8.92. The van der Waals surface area contributed by atoms with Crippen molar-refractivity contribution in [3.8, 4) is 5.88 Å². The molecule has 10 nitrogen and oxygen atoms in total. The highest BCUT2D eigenvalue weighted by Gasteiger charge is 2.22. The normalized spacial score (nSPS) is 14.9. The highest BCUT2D eigenvalue weighted by Crippen LogP contribution is 2.33. The third-order valence-corrected chi connectivity index (χ3v) is 10.5. The van der Waals surface area contributed by atoms with Gasteiger partial charge in [0.1, 0.15) is 12.1 Å². The van der Waals surface area contributed by atoms with Gasteiger partial charge in [0, 0.05) is 35.8 Å². The Balaban J connectivity index is 1.42. The fourth-order valence-electron chi connectivity index (χ4n) is 6.95. The number of hydrogen-bond donors (Lipinski definition) is 3. The van der Waals surface area contributed by atoms with Gasteiger partial charge in [-0.25, -0.2) is 14.8 Å². The summed E-state index contributed by atoms with van der Waals surface area (Å²) >= 11 is 1.27. The Morgan fingerprint density at radius 3 is 2.61 bits per heavy atom. The van der Waals surface area contributed by atoms with Gasteiger partial charge in [-0.3, -0.25) is 9.71 Å². The number of ether oxygens (including phenoxy) is 1. The molecule has 0 bridgehead atoms. The number of carboxylic acid groups (broad SMARTS) is 1. The Morgan fingerprint density at radius 2 is 1.91 bits per heavy atom. The van der Waals surface area contributed by atoms with Gasteiger partial charge in [0.2, 0.25) is 11.8 Å². The van der Waals surface area contributed by atoms with E-state index in [0.717, 1.165) is 45.9 Å². The van der Waals surface area contributed by atoms with Crippen LogP contribution in [0.2, 0.25) is 0 Å². The summed E-state index contributed by atoms with van der Waals surface area (Å²) in [7, 11) is 2.05. The SMILES string of the molecule is C/C=C/C=C\C(=C\c1nc(NSc2cccc(C(=O)O)c2)nc(OCC(CC(C)(C)C)NCc2cnc3cc(C(C)C)n(C)c3n2)c1C)CC1CCCC1. The van der Waals surface area contributed by atoms with Crippen molar-refractivity contribution in [2.45, 2.75) is 110 Å². The minimum Gasteiger partial charge on any atom is -0.478 e. The third kappa shape index (κ3) is 11.5. The molecule has 3 heterocycles. The van der Waals surface area contributed by atoms with Crippen molar-refractivity contribution in [2.75, 3.05) is 11.3 Å². The monoisotopic (exact) mass is 751 g/mol. The van der Waals surface area contributed by atoms with Gasteiger partial charge in [0.25, 0.3) is 0 Å². The molecule has 0 spiro atoms. The van der Waals surface area contributed by atoms with Crippen LogP contribution in [0.3, 0.4) is 0 Å². The molecule has 1 fully saturated rings. The molecule has 288 valence electrons. The van der Waals surface area contributed by atoms with Crippen molar-refractivity contribution in [3.05, 3.63) is 94.6 Å². The van der Waals surface area contributed by atoms with Gasteiger partial charge in [0.05, 0.1) is 23.1 Å². The molecule has 54 heavy (non-hydrogen) atoms. The highest BCUT2D eigenvalue weighted by atomic mass is 32.2. The summed E-state index contributed by atoms with van der Waals surface area (Å²) in [5, 5.41) is 13.2. The van der Waals surface area contributed by atoms with E-state index in [-0.39, 0.29) is 17.0 Å². The zero-order valence-electron chi connectivity index (χ0n) is 33.1. The van der Waals surface area contributed by atoms with E-state index in [1.54, 1.807) is 18.2 Å². The largest absolute Gasteiger partial charge is 0.478 e. The lowest BCUT2D eigenvalue weighted by atomic mass is 9.88. The number of benzene rings is 1. The first-order valence-corrected chi connectivity index (χ1v) is 19.9. The number of aromatic carboxylic acids is 1. The highest BCUT2D eigenvalue weighted by molar-refractivity contribution is 8.00. The van der Waals surface area contributed by atoms with Gasteiger partial charge in [-0.2, -0.15) is 4.98 Å². The molecule has 5 rings (SSSR count). The van der Waals surface area contributed by atoms with Gasteiger partial charge < -0.3 is 19.7 Å². The molecule has 0 radical (unpaired) electrons. The molecule has 0 saturated heterocycles. The van der Waals surface area contributed by atoms with Crippen LogP contribution in [0.1, 0.15) is 119 Å². The van der Waals surface area contributed by atoms with Gasteiger partial charge >= 0.3 is 5.97 Å². The lowest BCUT2D eigenvalue weighted by molar-refractivity contribution is 0.0696. The Morgan fingerprint density at radius 1 is 1.13 bits per heavy atom. The molecule has 4 aromatic rings. The van der Waals surface area contributed by atoms with Crippen molar-refractivity contribution in [2.24, 2.45) is 18.4 Å². The van der Waals surface area contributed by atoms with E-state index < -0.39 is 5.97 Å². The molecule has 1 aliphatic rings. The van der Waals surface area contributed by atoms with E-state index in [0.29, 0.717) is 36.8 Å². The first-order valence-electron chi connectivity index (χ1n) is 19.1. The standard InChI is InChI=1S/C43H57N7O3S/c1-9-10-11-17-31(20-30-15-12-13-16-30)21-36-29(4)40(48-42(47-36)49-54-35-19-14-18-32(22-35)41(51)52)53-27-33(24-43(5,6)7)44-25-34-26-45-37-23-38(28(2)3)50(8)39(37)46-34/h9-11,14,17-19,21-23,26,28,30,33,44H,12-13,15-16,20,24-25,27H2,1-8H3,(H,51,52)(H,47,48,49)/b10-9+,17-11-,31-21-. The Labute approximate surface area is 325 Å². The van der Waals surface area contributed by atoms with Crippen LogP contribution in [0.25, 0.3) is 17.2 Å². The molecule has 1 unspecified atom stereocenters. The second-order valence-corrected chi connectivity index (χ2v) is 16.7. The maximum absolute atomic E-state index is 11.6. The lowest BCUT2D eigenvalue weighted by Crippen LogP contribution is -2.38. The van der Waals surface area contributed by atoms with Crippen molar-refractivity contribution in [1.82, 2.24) is 29.8 Å². The van der Waals surface area contributed by atoms with Crippen molar-refractivity contribution >= 4 is 41.1 Å². The number of aromatic nitrogens is 5. The summed E-state index contributed by atoms with van der Waals surface area (Å²) in [5.41, 5.74) is 7.00. The van der Waals surface area contributed by atoms with E-state index >= 15 is 0 Å². The van der Waals surface area contributed by atoms with Crippen molar-refractivity contribution < 1.29 is 14.6 Å². The molecule has 0 amide bonds. The molecule has 1 saturated carbocycles. The molecule has 11 heteroatoms. The molecule has 1 aromatic carbocycles. The topological polar surface area (TPSA) is 127 Å². The average molecular weight is 752 g/mol. The van der Waals surface area contributed by atoms with Gasteiger partial charge in [-0.15, -0.1) is 0 Å². The zero-order valence-corrected chi connectivity index (χ0v) is 34.0. The third-order valence-electron chi connectivity index (χ3n) is 9.68. The lowest BCUT2D eigenvalue weighted by Gasteiger charge is -2.27. The Bertz CT molecular complexity index is 1990. The maximum atomic E-state index is 11.6. The Hall–Kier alpha value is -4.48. The Kier molecular flexibility index (Phi) is 14.1. The van der Waals surface area contributed by atoms with Crippen LogP contribution >= 0.6 is 11.9 Å². The number of hydrogen-bond acceptors (Lipinski definition) is 9. The van der Waals surface area contributed by atoms with Gasteiger partial charge in [-0.05, 0) is 91.8 Å². The summed E-state index contributed by atoms with van der Waals surface area (Å²) < 4.78 is 12.0. The van der Waals surface area contributed by atoms with Crippen molar-refractivity contribution in [3.63, 3.8) is 0 Å². The molecule has 0 aliphatic heterocycles. The van der Waals surface area contributed by atoms with E-state index in [9.17, 15) is 9.90 Å². The molecular formula is C43H57N7O3S. The van der Waals surface area contributed by atoms with Crippen molar-refractivity contribution in [1.29, 1.82) is 0 Å². The predicted molar refractivity (Wildman–Crippen MR) is 221 cm³/mol. The van der Waals surface area contributed by atoms with Crippen LogP contribution in [0.4, 0.5) is 5.95 Å². The molecule has 3 N–H and O–H groups in total. The summed E-state index contributed by atoms with van der Waals surface area (Å²) in [6.07, 6.45) is 19.3. The fraction of sp³-hybridized carbons (Fsp3) is 0.465. The number of nitrogens with zero attached hydrogens (tertiary/aromatic N) is 5. The minimum absolute atomic E-state index is 0.00160. The quantitative estimate of drug-likeness (QED) is 0.0709. The van der Waals surface area contributed by atoms with Gasteiger partial charge in [-0.1, -0.05) is 90.7 Å². The second-order valence-electron chi connectivity index (χ2n) is 15.9. The van der Waals surface area contributed by atoms with Gasteiger partial charge in [0.15, 0.2) is 5.65 Å². The second kappa shape index (κ2) is 18.7.